The van der Waals surface area contributed by atoms with Crippen molar-refractivity contribution in [3.8, 4) is 0 Å². The molecule has 0 bridgehead atoms. The van der Waals surface area contributed by atoms with Gasteiger partial charge in [-0.15, -0.1) is 0 Å². The molecule has 1 aliphatic heterocycles. The molecule has 1 N–H and O–H groups in total. The van der Waals surface area contributed by atoms with Gasteiger partial charge >= 0.3 is 0 Å². The Morgan fingerprint density at radius 1 is 1.38 bits per heavy atom. The largest absolute Gasteiger partial charge is 0.369 e. The molecule has 1 aromatic rings. The smallest absolute Gasteiger partial charge is 0.135 e. The monoisotopic (exact) mass is 177 g/mol. The van der Waals surface area contributed by atoms with Crippen LogP contribution in [0.5, 0.6) is 0 Å². The van der Waals surface area contributed by atoms with Crippen LogP contribution in [0, 0.1) is 0 Å². The number of rotatable bonds is 0. The third-order valence-corrected chi connectivity index (χ3v) is 2.22. The van der Waals surface area contributed by atoms with Crippen molar-refractivity contribution in [3.05, 3.63) is 17.6 Å². The Morgan fingerprint density at radius 2 is 2.15 bits per heavy atom. The molecule has 13 heavy (non-hydrogen) atoms. The van der Waals surface area contributed by atoms with Crippen LogP contribution in [0.25, 0.3) is 0 Å². The van der Waals surface area contributed by atoms with E-state index in [-0.39, 0.29) is 5.41 Å². The molecule has 2 rings (SSSR count). The molecule has 0 unspecified atom stereocenters. The summed E-state index contributed by atoms with van der Waals surface area (Å²) in [5, 5.41) is 3.26. The molecule has 0 spiro atoms. The first-order valence-corrected chi connectivity index (χ1v) is 4.67. The standard InChI is InChI=1S/C10H15N3/c1-10(2,3)9-12-6-7-4-5-11-8(7)13-9/h6H,4-5H2,1-3H3,(H,11,12,13). The summed E-state index contributed by atoms with van der Waals surface area (Å²) in [5.41, 5.74) is 1.28. The summed E-state index contributed by atoms with van der Waals surface area (Å²) in [6.07, 6.45) is 3.00. The fourth-order valence-corrected chi connectivity index (χ4v) is 1.42. The lowest BCUT2D eigenvalue weighted by Crippen LogP contribution is -2.16. The molecule has 0 radical (unpaired) electrons. The molecule has 2 heterocycles. The van der Waals surface area contributed by atoms with Crippen molar-refractivity contribution in [1.29, 1.82) is 0 Å². The van der Waals surface area contributed by atoms with Gasteiger partial charge in [0.15, 0.2) is 0 Å². The van der Waals surface area contributed by atoms with E-state index >= 15 is 0 Å². The van der Waals surface area contributed by atoms with Crippen LogP contribution in [0.4, 0.5) is 5.82 Å². The van der Waals surface area contributed by atoms with E-state index in [0.717, 1.165) is 24.6 Å². The minimum atomic E-state index is 0.0410. The van der Waals surface area contributed by atoms with Crippen LogP contribution in [0.15, 0.2) is 6.20 Å². The van der Waals surface area contributed by atoms with Crippen LogP contribution < -0.4 is 5.32 Å². The van der Waals surface area contributed by atoms with E-state index in [0.29, 0.717) is 0 Å². The van der Waals surface area contributed by atoms with Gasteiger partial charge in [-0.25, -0.2) is 9.97 Å². The van der Waals surface area contributed by atoms with E-state index < -0.39 is 0 Å². The Bertz CT molecular complexity index is 325. The molecule has 0 amide bonds. The Kier molecular flexibility index (Phi) is 1.75. The third-order valence-electron chi connectivity index (χ3n) is 2.22. The summed E-state index contributed by atoms with van der Waals surface area (Å²) >= 11 is 0. The van der Waals surface area contributed by atoms with Crippen LogP contribution >= 0.6 is 0 Å². The molecular formula is C10H15N3. The average molecular weight is 177 g/mol. The highest BCUT2D eigenvalue weighted by molar-refractivity contribution is 5.48. The van der Waals surface area contributed by atoms with Gasteiger partial charge in [0.1, 0.15) is 11.6 Å². The molecule has 1 aliphatic rings. The summed E-state index contributed by atoms with van der Waals surface area (Å²) in [6.45, 7) is 7.38. The second kappa shape index (κ2) is 2.69. The van der Waals surface area contributed by atoms with Crippen LogP contribution in [0.1, 0.15) is 32.2 Å². The maximum atomic E-state index is 4.50. The predicted molar refractivity (Wildman–Crippen MR) is 52.9 cm³/mol. The zero-order chi connectivity index (χ0) is 9.47. The van der Waals surface area contributed by atoms with E-state index in [1.807, 2.05) is 6.20 Å². The van der Waals surface area contributed by atoms with Crippen molar-refractivity contribution in [2.45, 2.75) is 32.6 Å². The molecule has 0 atom stereocenters. The Labute approximate surface area is 78.6 Å². The second-order valence-electron chi connectivity index (χ2n) is 4.49. The number of hydrogen-bond acceptors (Lipinski definition) is 3. The highest BCUT2D eigenvalue weighted by Crippen LogP contribution is 2.23. The molecule has 70 valence electrons. The molecule has 0 aromatic carbocycles. The number of nitrogens with zero attached hydrogens (tertiary/aromatic N) is 2. The van der Waals surface area contributed by atoms with Crippen molar-refractivity contribution in [1.82, 2.24) is 9.97 Å². The Morgan fingerprint density at radius 3 is 2.85 bits per heavy atom. The van der Waals surface area contributed by atoms with Crippen LogP contribution in [0.3, 0.4) is 0 Å². The van der Waals surface area contributed by atoms with E-state index in [1.54, 1.807) is 0 Å². The lowest BCUT2D eigenvalue weighted by atomic mass is 9.95. The van der Waals surface area contributed by atoms with Gasteiger partial charge in [0.2, 0.25) is 0 Å². The summed E-state index contributed by atoms with van der Waals surface area (Å²) in [7, 11) is 0. The van der Waals surface area contributed by atoms with Gasteiger partial charge in [0.05, 0.1) is 0 Å². The second-order valence-corrected chi connectivity index (χ2v) is 4.49. The van der Waals surface area contributed by atoms with Crippen molar-refractivity contribution in [2.75, 3.05) is 11.9 Å². The molecular weight excluding hydrogens is 162 g/mol. The van der Waals surface area contributed by atoms with Crippen molar-refractivity contribution in [3.63, 3.8) is 0 Å². The lowest BCUT2D eigenvalue weighted by molar-refractivity contribution is 0.546. The summed E-state index contributed by atoms with van der Waals surface area (Å²) in [4.78, 5) is 8.87. The zero-order valence-electron chi connectivity index (χ0n) is 8.39. The average Bonchev–Trinajstić information content (AvgIpc) is 2.47. The fourth-order valence-electron chi connectivity index (χ4n) is 1.42. The molecule has 0 fully saturated rings. The summed E-state index contributed by atoms with van der Waals surface area (Å²) in [5.74, 6) is 1.94. The normalized spacial score (nSPS) is 15.3. The number of nitrogens with one attached hydrogen (secondary N) is 1. The first-order chi connectivity index (χ1) is 6.07. The quantitative estimate of drug-likeness (QED) is 0.656. The number of hydrogen-bond donors (Lipinski definition) is 1. The Balaban J connectivity index is 2.42. The van der Waals surface area contributed by atoms with E-state index in [9.17, 15) is 0 Å². The van der Waals surface area contributed by atoms with Crippen molar-refractivity contribution in [2.24, 2.45) is 0 Å². The van der Waals surface area contributed by atoms with Crippen LogP contribution in [-0.2, 0) is 11.8 Å². The highest BCUT2D eigenvalue weighted by Gasteiger charge is 2.20. The summed E-state index contributed by atoms with van der Waals surface area (Å²) in [6, 6.07) is 0. The van der Waals surface area contributed by atoms with Gasteiger partial charge in [0.25, 0.3) is 0 Å². The van der Waals surface area contributed by atoms with Gasteiger partial charge in [-0.1, -0.05) is 20.8 Å². The SMILES string of the molecule is CC(C)(C)c1ncc2c(n1)NCC2. The van der Waals surface area contributed by atoms with E-state index in [4.69, 9.17) is 0 Å². The lowest BCUT2D eigenvalue weighted by Gasteiger charge is -2.16. The van der Waals surface area contributed by atoms with Crippen LogP contribution in [0.2, 0.25) is 0 Å². The minimum Gasteiger partial charge on any atom is -0.369 e. The van der Waals surface area contributed by atoms with Gasteiger partial charge in [-0.05, 0) is 6.42 Å². The summed E-state index contributed by atoms with van der Waals surface area (Å²) < 4.78 is 0. The van der Waals surface area contributed by atoms with E-state index in [2.05, 4.69) is 36.1 Å². The predicted octanol–water partition coefficient (Wildman–Crippen LogP) is 1.74. The first kappa shape index (κ1) is 8.48. The Hall–Kier alpha value is -1.12. The molecule has 3 heteroatoms. The van der Waals surface area contributed by atoms with Gasteiger partial charge in [-0.3, -0.25) is 0 Å². The van der Waals surface area contributed by atoms with E-state index in [1.165, 1.54) is 5.56 Å². The van der Waals surface area contributed by atoms with Gasteiger partial charge in [-0.2, -0.15) is 0 Å². The topological polar surface area (TPSA) is 37.8 Å². The zero-order valence-corrected chi connectivity index (χ0v) is 8.39. The number of fused-ring (bicyclic) bond motifs is 1. The van der Waals surface area contributed by atoms with Gasteiger partial charge < -0.3 is 5.32 Å². The maximum Gasteiger partial charge on any atom is 0.135 e. The van der Waals surface area contributed by atoms with Gasteiger partial charge in [0, 0.05) is 23.7 Å². The fraction of sp³-hybridized carbons (Fsp3) is 0.600. The highest BCUT2D eigenvalue weighted by atomic mass is 15.1. The third kappa shape index (κ3) is 1.50. The van der Waals surface area contributed by atoms with Crippen LogP contribution in [-0.4, -0.2) is 16.5 Å². The molecule has 0 aliphatic carbocycles. The van der Waals surface area contributed by atoms with Crippen molar-refractivity contribution < 1.29 is 0 Å². The maximum absolute atomic E-state index is 4.50. The molecule has 3 nitrogen and oxygen atoms in total. The molecule has 1 aromatic heterocycles. The first-order valence-electron chi connectivity index (χ1n) is 4.67. The number of anilines is 1. The molecule has 0 saturated carbocycles. The van der Waals surface area contributed by atoms with Crippen molar-refractivity contribution >= 4 is 5.82 Å². The molecule has 0 saturated heterocycles. The number of aromatic nitrogens is 2. The minimum absolute atomic E-state index is 0.0410.